The molecule has 14 heteroatoms. The molecule has 0 saturated carbocycles. The van der Waals surface area contributed by atoms with Gasteiger partial charge in [0.2, 0.25) is 23.6 Å². The zero-order chi connectivity index (χ0) is 26.3. The molecule has 5 unspecified atom stereocenters. The van der Waals surface area contributed by atoms with Gasteiger partial charge in [0.25, 0.3) is 0 Å². The maximum absolute atomic E-state index is 12.8. The average Bonchev–Trinajstić information content (AvgIpc) is 2.76. The van der Waals surface area contributed by atoms with E-state index in [1.807, 2.05) is 6.26 Å². The predicted octanol–water partition coefficient (Wildman–Crippen LogP) is -2.62. The lowest BCUT2D eigenvalue weighted by Crippen LogP contribution is -2.59. The molecule has 0 aliphatic carbocycles. The lowest BCUT2D eigenvalue weighted by atomic mass is 10.0. The van der Waals surface area contributed by atoms with Crippen molar-refractivity contribution in [3.8, 4) is 0 Å². The normalized spacial score (nSPS) is 15.3. The Morgan fingerprint density at radius 1 is 0.912 bits per heavy atom. The Morgan fingerprint density at radius 3 is 2.03 bits per heavy atom. The van der Waals surface area contributed by atoms with E-state index in [1.54, 1.807) is 0 Å². The highest BCUT2D eigenvalue weighted by atomic mass is 32.2. The zero-order valence-corrected chi connectivity index (χ0v) is 20.4. The maximum Gasteiger partial charge on any atom is 0.326 e. The molecule has 0 fully saturated rings. The number of aliphatic hydroxyl groups excluding tert-OH is 1. The molecular formula is C20H38N6O7S. The summed E-state index contributed by atoms with van der Waals surface area (Å²) in [7, 11) is 0. The topological polar surface area (TPSA) is 240 Å². The Hall–Kier alpha value is -2.42. The number of primary amides is 1. The summed E-state index contributed by atoms with van der Waals surface area (Å²) in [5.74, 6) is -3.72. The van der Waals surface area contributed by atoms with Crippen molar-refractivity contribution in [1.82, 2.24) is 16.0 Å². The molecule has 11 N–H and O–H groups in total. The van der Waals surface area contributed by atoms with Crippen molar-refractivity contribution in [3.05, 3.63) is 0 Å². The Morgan fingerprint density at radius 2 is 1.53 bits per heavy atom. The zero-order valence-electron chi connectivity index (χ0n) is 19.6. The molecule has 13 nitrogen and oxygen atoms in total. The minimum absolute atomic E-state index is 0.130. The molecule has 0 saturated heterocycles. The van der Waals surface area contributed by atoms with Crippen LogP contribution in [0.2, 0.25) is 0 Å². The summed E-state index contributed by atoms with van der Waals surface area (Å²) in [6.07, 6.45) is 1.57. The number of carboxylic acid groups (broad SMARTS) is 1. The summed E-state index contributed by atoms with van der Waals surface area (Å²) in [4.78, 5) is 60.3. The average molecular weight is 507 g/mol. The molecular weight excluding hydrogens is 468 g/mol. The number of carbonyl (C=O) groups excluding carboxylic acids is 4. The minimum Gasteiger partial charge on any atom is -0.480 e. The first-order chi connectivity index (χ1) is 15.9. The number of aliphatic carboxylic acids is 1. The molecule has 0 spiro atoms. The first-order valence-electron chi connectivity index (χ1n) is 11.0. The number of carbonyl (C=O) groups is 5. The number of carboxylic acids is 1. The van der Waals surface area contributed by atoms with E-state index in [-0.39, 0.29) is 19.3 Å². The van der Waals surface area contributed by atoms with Crippen LogP contribution in [0, 0.1) is 0 Å². The van der Waals surface area contributed by atoms with E-state index in [9.17, 15) is 34.2 Å². The van der Waals surface area contributed by atoms with E-state index in [0.29, 0.717) is 31.6 Å². The van der Waals surface area contributed by atoms with Gasteiger partial charge in [-0.3, -0.25) is 19.2 Å². The van der Waals surface area contributed by atoms with E-state index >= 15 is 0 Å². The quantitative estimate of drug-likeness (QED) is 0.0900. The van der Waals surface area contributed by atoms with Crippen molar-refractivity contribution in [3.63, 3.8) is 0 Å². The third kappa shape index (κ3) is 12.7. The number of aliphatic hydroxyl groups is 1. The standard InChI is InChI=1S/C20H38N6O7S/c1-11(27)16(26-17(29)12(22)8-10-34-2)19(31)24-13(5-3-4-9-21)18(30)25-14(20(32)33)6-7-15(23)28/h11-14,16,27H,3-10,21-22H2,1-2H3,(H2,23,28)(H,24,31)(H,25,30)(H,26,29)(H,32,33). The fraction of sp³-hybridized carbons (Fsp3) is 0.750. The first-order valence-corrected chi connectivity index (χ1v) is 12.4. The lowest BCUT2D eigenvalue weighted by molar-refractivity contribution is -0.142. The van der Waals surface area contributed by atoms with Crippen LogP contribution in [0.5, 0.6) is 0 Å². The molecule has 0 aromatic rings. The van der Waals surface area contributed by atoms with E-state index in [0.717, 1.165) is 0 Å². The van der Waals surface area contributed by atoms with Crippen LogP contribution in [-0.4, -0.2) is 88.6 Å². The number of hydrogen-bond donors (Lipinski definition) is 8. The lowest BCUT2D eigenvalue weighted by Gasteiger charge is -2.26. The van der Waals surface area contributed by atoms with Crippen LogP contribution >= 0.6 is 11.8 Å². The van der Waals surface area contributed by atoms with Crippen molar-refractivity contribution < 1.29 is 34.2 Å². The third-order valence-corrected chi connectivity index (χ3v) is 5.55. The van der Waals surface area contributed by atoms with Crippen LogP contribution in [0.1, 0.15) is 45.4 Å². The summed E-state index contributed by atoms with van der Waals surface area (Å²) in [6.45, 7) is 1.64. The Labute approximate surface area is 203 Å². The molecule has 34 heavy (non-hydrogen) atoms. The number of hydrogen-bond acceptors (Lipinski definition) is 9. The molecule has 4 amide bonds. The van der Waals surface area contributed by atoms with Crippen LogP contribution < -0.4 is 33.2 Å². The number of amides is 4. The molecule has 0 bridgehead atoms. The summed E-state index contributed by atoms with van der Waals surface area (Å²) in [5, 5.41) is 26.5. The number of nitrogens with one attached hydrogen (secondary N) is 3. The molecule has 0 aromatic carbocycles. The number of nitrogens with two attached hydrogens (primary N) is 3. The van der Waals surface area contributed by atoms with Gasteiger partial charge in [-0.2, -0.15) is 11.8 Å². The van der Waals surface area contributed by atoms with E-state index in [4.69, 9.17) is 17.2 Å². The second-order valence-electron chi connectivity index (χ2n) is 7.86. The molecule has 0 radical (unpaired) electrons. The number of rotatable bonds is 18. The molecule has 196 valence electrons. The fourth-order valence-corrected chi connectivity index (χ4v) is 3.37. The van der Waals surface area contributed by atoms with Gasteiger partial charge < -0.3 is 43.4 Å². The van der Waals surface area contributed by atoms with Gasteiger partial charge in [-0.1, -0.05) is 0 Å². The molecule has 0 aliphatic rings. The van der Waals surface area contributed by atoms with Gasteiger partial charge in [0, 0.05) is 6.42 Å². The summed E-state index contributed by atoms with van der Waals surface area (Å²) in [5.41, 5.74) is 16.3. The smallest absolute Gasteiger partial charge is 0.326 e. The van der Waals surface area contributed by atoms with E-state index < -0.39 is 59.9 Å². The monoisotopic (exact) mass is 506 g/mol. The maximum atomic E-state index is 12.8. The first kappa shape index (κ1) is 31.6. The molecule has 0 heterocycles. The predicted molar refractivity (Wildman–Crippen MR) is 127 cm³/mol. The Bertz CT molecular complexity index is 694. The van der Waals surface area contributed by atoms with Crippen LogP contribution in [0.4, 0.5) is 0 Å². The van der Waals surface area contributed by atoms with E-state index in [1.165, 1.54) is 18.7 Å². The van der Waals surface area contributed by atoms with Gasteiger partial charge in [-0.25, -0.2) is 4.79 Å². The highest BCUT2D eigenvalue weighted by Gasteiger charge is 2.32. The summed E-state index contributed by atoms with van der Waals surface area (Å²) in [6, 6.07) is -4.83. The molecule has 0 aliphatic heterocycles. The second-order valence-corrected chi connectivity index (χ2v) is 8.85. The highest BCUT2D eigenvalue weighted by molar-refractivity contribution is 7.98. The van der Waals surface area contributed by atoms with Gasteiger partial charge in [-0.15, -0.1) is 0 Å². The molecule has 0 rings (SSSR count). The van der Waals surface area contributed by atoms with Crippen LogP contribution in [-0.2, 0) is 24.0 Å². The minimum atomic E-state index is -1.39. The fourth-order valence-electron chi connectivity index (χ4n) is 2.88. The van der Waals surface area contributed by atoms with Crippen molar-refractivity contribution in [2.24, 2.45) is 17.2 Å². The van der Waals surface area contributed by atoms with Crippen molar-refractivity contribution in [1.29, 1.82) is 0 Å². The number of thioether (sulfide) groups is 1. The van der Waals surface area contributed by atoms with Crippen LogP contribution in [0.25, 0.3) is 0 Å². The highest BCUT2D eigenvalue weighted by Crippen LogP contribution is 2.06. The van der Waals surface area contributed by atoms with Gasteiger partial charge in [0.15, 0.2) is 0 Å². The van der Waals surface area contributed by atoms with E-state index in [2.05, 4.69) is 16.0 Å². The summed E-state index contributed by atoms with van der Waals surface area (Å²) < 4.78 is 0. The molecule has 0 aromatic heterocycles. The Kier molecular flexibility index (Phi) is 15.9. The SMILES string of the molecule is CSCCC(N)C(=O)NC(C(=O)NC(CCCCN)C(=O)NC(CCC(N)=O)C(=O)O)C(C)O. The van der Waals surface area contributed by atoms with Crippen LogP contribution in [0.3, 0.4) is 0 Å². The second kappa shape index (κ2) is 17.1. The molecule has 5 atom stereocenters. The van der Waals surface area contributed by atoms with Crippen molar-refractivity contribution in [2.75, 3.05) is 18.6 Å². The summed E-state index contributed by atoms with van der Waals surface area (Å²) >= 11 is 1.50. The van der Waals surface area contributed by atoms with Crippen molar-refractivity contribution >= 4 is 41.4 Å². The Balaban J connectivity index is 5.40. The van der Waals surface area contributed by atoms with Gasteiger partial charge in [0.05, 0.1) is 12.1 Å². The number of unbranched alkanes of at least 4 members (excludes halogenated alkanes) is 1. The van der Waals surface area contributed by atoms with Gasteiger partial charge >= 0.3 is 5.97 Å². The van der Waals surface area contributed by atoms with Gasteiger partial charge in [-0.05, 0) is 57.6 Å². The van der Waals surface area contributed by atoms with Crippen molar-refractivity contribution in [2.45, 2.75) is 75.7 Å². The largest absolute Gasteiger partial charge is 0.480 e. The van der Waals surface area contributed by atoms with Gasteiger partial charge in [0.1, 0.15) is 18.1 Å². The third-order valence-electron chi connectivity index (χ3n) is 4.91. The van der Waals surface area contributed by atoms with Crippen LogP contribution in [0.15, 0.2) is 0 Å².